The van der Waals surface area contributed by atoms with Crippen molar-refractivity contribution < 1.29 is 18.3 Å². The third-order valence-corrected chi connectivity index (χ3v) is 5.91. The van der Waals surface area contributed by atoms with Crippen LogP contribution in [-0.2, 0) is 4.79 Å². The fourth-order valence-corrected chi connectivity index (χ4v) is 4.13. The van der Waals surface area contributed by atoms with Gasteiger partial charge in [0.2, 0.25) is 5.91 Å². The molecule has 3 rings (SSSR count). The van der Waals surface area contributed by atoms with Gasteiger partial charge < -0.3 is 14.1 Å². The largest absolute Gasteiger partial charge is 0.481 e. The Balaban J connectivity index is 1.55. The molecule has 1 saturated carbocycles. The summed E-state index contributed by atoms with van der Waals surface area (Å²) in [4.78, 5) is 14.6. The maximum absolute atomic E-state index is 13.0. The van der Waals surface area contributed by atoms with E-state index < -0.39 is 6.10 Å². The number of carbonyl (C=O) groups is 1. The van der Waals surface area contributed by atoms with Crippen molar-refractivity contribution in [3.63, 3.8) is 0 Å². The minimum atomic E-state index is -0.483. The fraction of sp³-hybridized carbons (Fsp3) is 0.550. The lowest BCUT2D eigenvalue weighted by Crippen LogP contribution is -2.42. The quantitative estimate of drug-likeness (QED) is 0.624. The molecule has 0 unspecified atom stereocenters. The minimum absolute atomic E-state index is 0.0762. The molecule has 6 nitrogen and oxygen atoms in total. The van der Waals surface area contributed by atoms with Gasteiger partial charge in [0, 0.05) is 13.1 Å². The third kappa shape index (κ3) is 5.25. The lowest BCUT2D eigenvalue weighted by Gasteiger charge is -2.32. The Bertz CT molecular complexity index is 777. The van der Waals surface area contributed by atoms with Gasteiger partial charge in [-0.2, -0.15) is 0 Å². The van der Waals surface area contributed by atoms with Crippen LogP contribution in [0.1, 0.15) is 57.9 Å². The first-order chi connectivity index (χ1) is 13.4. The van der Waals surface area contributed by atoms with Crippen LogP contribution >= 0.6 is 11.8 Å². The number of hydrogen-bond donors (Lipinski definition) is 0. The highest BCUT2D eigenvalue weighted by atomic mass is 32.2. The normalized spacial score (nSPS) is 17.1. The SMILES string of the molecule is C[C@H](Oc1ccc(F)cc1)c1nnc(S[C@H](C)C(=O)N(C)C2CCCCC2)o1. The van der Waals surface area contributed by atoms with Crippen molar-refractivity contribution in [1.29, 1.82) is 0 Å². The molecule has 2 aromatic rings. The molecule has 8 heteroatoms. The Morgan fingerprint density at radius 3 is 2.57 bits per heavy atom. The Labute approximate surface area is 168 Å². The smallest absolute Gasteiger partial charge is 0.277 e. The Kier molecular flexibility index (Phi) is 6.93. The van der Waals surface area contributed by atoms with Gasteiger partial charge in [0.05, 0.1) is 5.25 Å². The van der Waals surface area contributed by atoms with Crippen LogP contribution in [0, 0.1) is 5.82 Å². The molecule has 152 valence electrons. The number of hydrogen-bond acceptors (Lipinski definition) is 6. The summed E-state index contributed by atoms with van der Waals surface area (Å²) in [6.45, 7) is 3.63. The fourth-order valence-electron chi connectivity index (χ4n) is 3.34. The number of rotatable bonds is 7. The van der Waals surface area contributed by atoms with Gasteiger partial charge in [-0.1, -0.05) is 31.0 Å². The molecule has 1 aliphatic rings. The first kappa shape index (κ1) is 20.6. The molecule has 0 N–H and O–H groups in total. The van der Waals surface area contributed by atoms with Gasteiger partial charge in [-0.25, -0.2) is 4.39 Å². The first-order valence-electron chi connectivity index (χ1n) is 9.63. The van der Waals surface area contributed by atoms with E-state index in [2.05, 4.69) is 10.2 Å². The second kappa shape index (κ2) is 9.41. The molecular weight excluding hydrogens is 381 g/mol. The predicted octanol–water partition coefficient (Wildman–Crippen LogP) is 4.62. The molecule has 0 radical (unpaired) electrons. The van der Waals surface area contributed by atoms with E-state index in [9.17, 15) is 9.18 Å². The zero-order valence-corrected chi connectivity index (χ0v) is 17.2. The van der Waals surface area contributed by atoms with E-state index in [1.54, 1.807) is 19.1 Å². The molecule has 2 atom stereocenters. The number of ether oxygens (including phenoxy) is 1. The van der Waals surface area contributed by atoms with Crippen LogP contribution in [-0.4, -0.2) is 39.3 Å². The van der Waals surface area contributed by atoms with Crippen molar-refractivity contribution in [2.45, 2.75) is 68.6 Å². The topological polar surface area (TPSA) is 68.5 Å². The minimum Gasteiger partial charge on any atom is -0.481 e. The summed E-state index contributed by atoms with van der Waals surface area (Å²) in [5, 5.41) is 8.06. The summed E-state index contributed by atoms with van der Waals surface area (Å²) in [5.74, 6) is 0.576. The van der Waals surface area contributed by atoms with Crippen LogP contribution < -0.4 is 4.74 Å². The van der Waals surface area contributed by atoms with E-state index >= 15 is 0 Å². The van der Waals surface area contributed by atoms with Crippen molar-refractivity contribution in [2.75, 3.05) is 7.05 Å². The molecule has 1 heterocycles. The van der Waals surface area contributed by atoms with Crippen LogP contribution in [0.3, 0.4) is 0 Å². The molecule has 1 fully saturated rings. The van der Waals surface area contributed by atoms with E-state index in [0.717, 1.165) is 12.8 Å². The van der Waals surface area contributed by atoms with Crippen molar-refractivity contribution in [1.82, 2.24) is 15.1 Å². The van der Waals surface area contributed by atoms with Gasteiger partial charge in [-0.05, 0) is 51.0 Å². The number of thioether (sulfide) groups is 1. The molecular formula is C20H26FN3O3S. The van der Waals surface area contributed by atoms with E-state index in [-0.39, 0.29) is 17.0 Å². The van der Waals surface area contributed by atoms with Crippen LogP contribution in [0.5, 0.6) is 5.75 Å². The van der Waals surface area contributed by atoms with Crippen LogP contribution in [0.4, 0.5) is 4.39 Å². The highest BCUT2D eigenvalue weighted by Crippen LogP contribution is 2.29. The lowest BCUT2D eigenvalue weighted by molar-refractivity contribution is -0.131. The maximum Gasteiger partial charge on any atom is 0.277 e. The predicted molar refractivity (Wildman–Crippen MR) is 105 cm³/mol. The molecule has 1 aliphatic carbocycles. The molecule has 0 aliphatic heterocycles. The Morgan fingerprint density at radius 2 is 1.89 bits per heavy atom. The summed E-state index contributed by atoms with van der Waals surface area (Å²) in [6.07, 6.45) is 5.28. The molecule has 1 amide bonds. The zero-order chi connectivity index (χ0) is 20.1. The van der Waals surface area contributed by atoms with Gasteiger partial charge >= 0.3 is 0 Å². The zero-order valence-electron chi connectivity index (χ0n) is 16.4. The van der Waals surface area contributed by atoms with Gasteiger partial charge in [0.25, 0.3) is 11.1 Å². The maximum atomic E-state index is 13.0. The second-order valence-corrected chi connectivity index (χ2v) is 8.41. The highest BCUT2D eigenvalue weighted by molar-refractivity contribution is 8.00. The van der Waals surface area contributed by atoms with Gasteiger partial charge in [-0.15, -0.1) is 10.2 Å². The standard InChI is InChI=1S/C20H26FN3O3S/c1-13(26-17-11-9-15(21)10-12-17)18-22-23-20(27-18)28-14(2)19(25)24(3)16-7-5-4-6-8-16/h9-14,16H,4-8H2,1-3H3/t13-,14+/m0/s1. The highest BCUT2D eigenvalue weighted by Gasteiger charge is 2.27. The number of halogens is 1. The monoisotopic (exact) mass is 407 g/mol. The number of benzene rings is 1. The molecule has 0 spiro atoms. The van der Waals surface area contributed by atoms with Gasteiger partial charge in [0.15, 0.2) is 6.10 Å². The summed E-state index contributed by atoms with van der Waals surface area (Å²) < 4.78 is 24.3. The molecule has 0 bridgehead atoms. The lowest BCUT2D eigenvalue weighted by atomic mass is 9.94. The Hall–Kier alpha value is -2.09. The Morgan fingerprint density at radius 1 is 1.21 bits per heavy atom. The molecule has 28 heavy (non-hydrogen) atoms. The van der Waals surface area contributed by atoms with Crippen molar-refractivity contribution >= 4 is 17.7 Å². The first-order valence-corrected chi connectivity index (χ1v) is 10.5. The van der Waals surface area contributed by atoms with Crippen molar-refractivity contribution in [3.8, 4) is 5.75 Å². The van der Waals surface area contributed by atoms with Crippen LogP contribution in [0.15, 0.2) is 33.9 Å². The summed E-state index contributed by atoms with van der Waals surface area (Å²) in [5.41, 5.74) is 0. The van der Waals surface area contributed by atoms with Gasteiger partial charge in [0.1, 0.15) is 11.6 Å². The van der Waals surface area contributed by atoms with E-state index in [1.807, 2.05) is 18.9 Å². The average molecular weight is 408 g/mol. The number of carbonyl (C=O) groups excluding carboxylic acids is 1. The summed E-state index contributed by atoms with van der Waals surface area (Å²) in [7, 11) is 1.88. The van der Waals surface area contributed by atoms with Gasteiger partial charge in [-0.3, -0.25) is 4.79 Å². The van der Waals surface area contributed by atoms with E-state index in [4.69, 9.17) is 9.15 Å². The number of nitrogens with zero attached hydrogens (tertiary/aromatic N) is 3. The molecule has 1 aromatic carbocycles. The van der Waals surface area contributed by atoms with E-state index in [1.165, 1.54) is 43.2 Å². The number of aromatic nitrogens is 2. The molecule has 0 saturated heterocycles. The van der Waals surface area contributed by atoms with Crippen LogP contribution in [0.2, 0.25) is 0 Å². The summed E-state index contributed by atoms with van der Waals surface area (Å²) in [6, 6.07) is 6.06. The van der Waals surface area contributed by atoms with E-state index in [0.29, 0.717) is 22.9 Å². The van der Waals surface area contributed by atoms with Crippen LogP contribution in [0.25, 0.3) is 0 Å². The second-order valence-electron chi connectivity index (χ2n) is 7.12. The third-order valence-electron chi connectivity index (χ3n) is 4.99. The number of amides is 1. The van der Waals surface area contributed by atoms with Crippen molar-refractivity contribution in [2.24, 2.45) is 0 Å². The summed E-state index contributed by atoms with van der Waals surface area (Å²) >= 11 is 1.25. The molecule has 1 aromatic heterocycles. The van der Waals surface area contributed by atoms with Crippen molar-refractivity contribution in [3.05, 3.63) is 36.0 Å². The average Bonchev–Trinajstić information content (AvgIpc) is 3.18.